The number of likely N-dealkylation sites (tertiary alicyclic amines) is 1. The van der Waals surface area contributed by atoms with Crippen molar-refractivity contribution in [2.24, 2.45) is 5.92 Å². The summed E-state index contributed by atoms with van der Waals surface area (Å²) in [4.78, 5) is 25.3. The lowest BCUT2D eigenvalue weighted by molar-refractivity contribution is -0.137. The third-order valence-corrected chi connectivity index (χ3v) is 4.58. The molecule has 5 heteroatoms. The second-order valence-corrected chi connectivity index (χ2v) is 6.22. The maximum absolute atomic E-state index is 12.7. The summed E-state index contributed by atoms with van der Waals surface area (Å²) in [5.41, 5.74) is 0.975. The topological polar surface area (TPSA) is 66.8 Å². The van der Waals surface area contributed by atoms with Crippen LogP contribution in [0.4, 0.5) is 0 Å². The Morgan fingerprint density at radius 1 is 1.35 bits per heavy atom. The van der Waals surface area contributed by atoms with Crippen molar-refractivity contribution in [1.82, 2.24) is 4.90 Å². The van der Waals surface area contributed by atoms with Gasteiger partial charge in [-0.05, 0) is 49.8 Å². The molecule has 126 valence electrons. The van der Waals surface area contributed by atoms with Gasteiger partial charge in [0.2, 0.25) is 5.91 Å². The fourth-order valence-electron chi connectivity index (χ4n) is 3.14. The van der Waals surface area contributed by atoms with Gasteiger partial charge in [-0.3, -0.25) is 9.59 Å². The molecule has 1 saturated heterocycles. The lowest BCUT2D eigenvalue weighted by atomic mass is 9.91. The summed E-state index contributed by atoms with van der Waals surface area (Å²) in [6.07, 6.45) is 2.79. The summed E-state index contributed by atoms with van der Waals surface area (Å²) in [5.74, 6) is 0.237. The van der Waals surface area contributed by atoms with Crippen molar-refractivity contribution in [3.05, 3.63) is 29.8 Å². The van der Waals surface area contributed by atoms with Crippen LogP contribution in [-0.2, 0) is 9.59 Å². The van der Waals surface area contributed by atoms with E-state index in [0.29, 0.717) is 18.9 Å². The number of carboxylic acids is 1. The van der Waals surface area contributed by atoms with Crippen LogP contribution < -0.4 is 4.74 Å². The molecule has 1 fully saturated rings. The predicted molar refractivity (Wildman–Crippen MR) is 87.6 cm³/mol. The Morgan fingerprint density at radius 3 is 2.65 bits per heavy atom. The average Bonchev–Trinajstić information content (AvgIpc) is 2.59. The van der Waals surface area contributed by atoms with Gasteiger partial charge in [0.05, 0.1) is 13.0 Å². The first-order valence-corrected chi connectivity index (χ1v) is 8.15. The lowest BCUT2D eigenvalue weighted by Gasteiger charge is -2.34. The molecule has 1 aliphatic rings. The number of hydrogen-bond acceptors (Lipinski definition) is 3. The van der Waals surface area contributed by atoms with Gasteiger partial charge >= 0.3 is 5.97 Å². The van der Waals surface area contributed by atoms with Crippen molar-refractivity contribution in [3.63, 3.8) is 0 Å². The maximum atomic E-state index is 12.7. The normalized spacial score (nSPS) is 19.2. The fourth-order valence-corrected chi connectivity index (χ4v) is 3.14. The second kappa shape index (κ2) is 7.99. The summed E-state index contributed by atoms with van der Waals surface area (Å²) < 4.78 is 5.14. The molecule has 0 saturated carbocycles. The molecule has 1 N–H and O–H groups in total. The first-order valence-electron chi connectivity index (χ1n) is 8.15. The van der Waals surface area contributed by atoms with Gasteiger partial charge in [-0.15, -0.1) is 0 Å². The van der Waals surface area contributed by atoms with Crippen LogP contribution in [0.5, 0.6) is 5.75 Å². The molecule has 0 aromatic heterocycles. The predicted octanol–water partition coefficient (Wildman–Crippen LogP) is 2.90. The number of aliphatic carboxylic acids is 1. The number of piperidine rings is 1. The molecule has 0 bridgehead atoms. The molecule has 0 aliphatic carbocycles. The largest absolute Gasteiger partial charge is 0.497 e. The molecule has 2 rings (SSSR count). The highest BCUT2D eigenvalue weighted by molar-refractivity contribution is 5.83. The van der Waals surface area contributed by atoms with E-state index >= 15 is 0 Å². The third kappa shape index (κ3) is 4.71. The molecule has 0 spiro atoms. The van der Waals surface area contributed by atoms with Gasteiger partial charge in [0.1, 0.15) is 5.75 Å². The van der Waals surface area contributed by atoms with Crippen molar-refractivity contribution in [2.75, 3.05) is 20.2 Å². The van der Waals surface area contributed by atoms with Gasteiger partial charge in [0.15, 0.2) is 0 Å². The molecule has 1 aliphatic heterocycles. The molecule has 23 heavy (non-hydrogen) atoms. The van der Waals surface area contributed by atoms with E-state index in [1.165, 1.54) is 0 Å². The number of rotatable bonds is 6. The van der Waals surface area contributed by atoms with Crippen LogP contribution in [0.2, 0.25) is 0 Å². The highest BCUT2D eigenvalue weighted by Gasteiger charge is 2.27. The van der Waals surface area contributed by atoms with Gasteiger partial charge in [-0.25, -0.2) is 0 Å². The Kier molecular flexibility index (Phi) is 6.02. The molecule has 1 amide bonds. The first kappa shape index (κ1) is 17.3. The van der Waals surface area contributed by atoms with Crippen LogP contribution in [0.1, 0.15) is 44.1 Å². The number of carboxylic acid groups (broad SMARTS) is 1. The number of hydrogen-bond donors (Lipinski definition) is 1. The van der Waals surface area contributed by atoms with Crippen molar-refractivity contribution in [3.8, 4) is 5.75 Å². The van der Waals surface area contributed by atoms with Gasteiger partial charge in [-0.2, -0.15) is 0 Å². The minimum absolute atomic E-state index is 0.121. The fraction of sp³-hybridized carbons (Fsp3) is 0.556. The number of benzene rings is 1. The van der Waals surface area contributed by atoms with Crippen molar-refractivity contribution < 1.29 is 19.4 Å². The van der Waals surface area contributed by atoms with Crippen molar-refractivity contribution in [2.45, 2.75) is 38.5 Å². The van der Waals surface area contributed by atoms with Crippen LogP contribution in [0, 0.1) is 5.92 Å². The van der Waals surface area contributed by atoms with Crippen LogP contribution in [0.3, 0.4) is 0 Å². The van der Waals surface area contributed by atoms with Crippen molar-refractivity contribution in [1.29, 1.82) is 0 Å². The number of ether oxygens (including phenoxy) is 1. The number of nitrogens with zero attached hydrogens (tertiary/aromatic N) is 1. The highest BCUT2D eigenvalue weighted by atomic mass is 16.5. The lowest BCUT2D eigenvalue weighted by Crippen LogP contribution is -2.42. The monoisotopic (exact) mass is 319 g/mol. The number of carbonyl (C=O) groups is 2. The van der Waals surface area contributed by atoms with E-state index < -0.39 is 5.97 Å². The Hall–Kier alpha value is -2.04. The van der Waals surface area contributed by atoms with E-state index in [4.69, 9.17) is 9.84 Å². The van der Waals surface area contributed by atoms with E-state index in [1.54, 1.807) is 7.11 Å². The van der Waals surface area contributed by atoms with E-state index in [-0.39, 0.29) is 18.2 Å². The Morgan fingerprint density at radius 2 is 2.04 bits per heavy atom. The smallest absolute Gasteiger partial charge is 0.303 e. The standard InChI is InChI=1S/C18H25NO4/c1-13(15-6-8-16(23-2)9-7-15)18(22)19-11-3-4-14(12-19)5-10-17(20)21/h6-9,13-14H,3-5,10-12H2,1-2H3,(H,20,21)/t13-,14-/m0/s1. The molecule has 0 unspecified atom stereocenters. The zero-order chi connectivity index (χ0) is 16.8. The van der Waals surface area contributed by atoms with Crippen LogP contribution in [0.25, 0.3) is 0 Å². The van der Waals surface area contributed by atoms with Gasteiger partial charge in [0, 0.05) is 19.5 Å². The average molecular weight is 319 g/mol. The minimum Gasteiger partial charge on any atom is -0.497 e. The molecule has 0 radical (unpaired) electrons. The minimum atomic E-state index is -0.764. The summed E-state index contributed by atoms with van der Waals surface area (Å²) in [7, 11) is 1.62. The highest BCUT2D eigenvalue weighted by Crippen LogP contribution is 2.26. The molecule has 5 nitrogen and oxygen atoms in total. The molecule has 2 atom stereocenters. The summed E-state index contributed by atoms with van der Waals surface area (Å²) >= 11 is 0. The first-order chi connectivity index (χ1) is 11.0. The number of methoxy groups -OCH3 is 1. The zero-order valence-electron chi connectivity index (χ0n) is 13.8. The Balaban J connectivity index is 1.96. The van der Waals surface area contributed by atoms with E-state index in [9.17, 15) is 9.59 Å². The maximum Gasteiger partial charge on any atom is 0.303 e. The number of carbonyl (C=O) groups excluding carboxylic acids is 1. The van der Waals surface area contributed by atoms with E-state index in [2.05, 4.69) is 0 Å². The van der Waals surface area contributed by atoms with Gasteiger partial charge < -0.3 is 14.7 Å². The molecule has 1 heterocycles. The summed E-state index contributed by atoms with van der Waals surface area (Å²) in [5, 5.41) is 8.81. The number of amides is 1. The summed E-state index contributed by atoms with van der Waals surface area (Å²) in [6.45, 7) is 3.36. The Bertz CT molecular complexity index is 540. The Labute approximate surface area is 137 Å². The van der Waals surface area contributed by atoms with Crippen LogP contribution in [-0.4, -0.2) is 42.1 Å². The summed E-state index contributed by atoms with van der Waals surface area (Å²) in [6, 6.07) is 7.58. The molecular weight excluding hydrogens is 294 g/mol. The SMILES string of the molecule is COc1ccc([C@H](C)C(=O)N2CCC[C@@H](CCC(=O)O)C2)cc1. The van der Waals surface area contributed by atoms with Crippen LogP contribution in [0.15, 0.2) is 24.3 Å². The van der Waals surface area contributed by atoms with Crippen molar-refractivity contribution >= 4 is 11.9 Å². The van der Waals surface area contributed by atoms with Crippen LogP contribution >= 0.6 is 0 Å². The molecule has 1 aromatic rings. The van der Waals surface area contributed by atoms with E-state index in [1.807, 2.05) is 36.1 Å². The van der Waals surface area contributed by atoms with E-state index in [0.717, 1.165) is 30.7 Å². The zero-order valence-corrected chi connectivity index (χ0v) is 13.8. The molecule has 1 aromatic carbocycles. The quantitative estimate of drug-likeness (QED) is 0.875. The van der Waals surface area contributed by atoms with Gasteiger partial charge in [0.25, 0.3) is 0 Å². The third-order valence-electron chi connectivity index (χ3n) is 4.58. The van der Waals surface area contributed by atoms with Gasteiger partial charge in [-0.1, -0.05) is 12.1 Å². The second-order valence-electron chi connectivity index (χ2n) is 6.22. The molecular formula is C18H25NO4.